The largest absolute Gasteiger partial charge is 0.396 e. The Labute approximate surface area is 201 Å². The zero-order valence-electron chi connectivity index (χ0n) is 22.1. The van der Waals surface area contributed by atoms with Crippen LogP contribution in [0.25, 0.3) is 0 Å². The molecular weight excluding hydrogens is 408 g/mol. The number of hydrogen-bond donors (Lipinski definition) is 2. The molecular formula is C30H48O3. The van der Waals surface area contributed by atoms with Crippen molar-refractivity contribution in [2.24, 2.45) is 50.2 Å². The number of rotatable bonds is 2. The maximum absolute atomic E-state index is 12.9. The van der Waals surface area contributed by atoms with Gasteiger partial charge in [-0.05, 0) is 97.2 Å². The first-order chi connectivity index (χ1) is 15.3. The van der Waals surface area contributed by atoms with Crippen LogP contribution in [-0.4, -0.2) is 29.2 Å². The van der Waals surface area contributed by atoms with Gasteiger partial charge in [0.05, 0.1) is 0 Å². The van der Waals surface area contributed by atoms with Crippen molar-refractivity contribution in [2.45, 2.75) is 106 Å². The minimum Gasteiger partial charge on any atom is -0.396 e. The number of aliphatic hydroxyl groups excluding tert-OH is 2. The monoisotopic (exact) mass is 456 g/mol. The third kappa shape index (κ3) is 2.90. The number of Topliss-reactive ketones (excluding diaryl/α,β-unsaturated/α-hetero) is 1. The Balaban J connectivity index is 1.58. The number of fused-ring (bicyclic) bond motifs is 7. The highest BCUT2D eigenvalue weighted by molar-refractivity contribution is 5.85. The summed E-state index contributed by atoms with van der Waals surface area (Å²) in [5.74, 6) is 1.96. The summed E-state index contributed by atoms with van der Waals surface area (Å²) in [6.45, 7) is 14.9. The van der Waals surface area contributed by atoms with Crippen molar-refractivity contribution in [3.05, 3.63) is 11.6 Å². The Morgan fingerprint density at radius 2 is 1.58 bits per heavy atom. The molecule has 2 N–H and O–H groups in total. The van der Waals surface area contributed by atoms with E-state index in [4.69, 9.17) is 0 Å². The number of aliphatic hydroxyl groups is 2. The zero-order valence-corrected chi connectivity index (χ0v) is 22.1. The lowest BCUT2D eigenvalue weighted by Gasteiger charge is -2.71. The van der Waals surface area contributed by atoms with Gasteiger partial charge in [-0.15, -0.1) is 0 Å². The van der Waals surface area contributed by atoms with Crippen LogP contribution in [0, 0.1) is 50.2 Å². The highest BCUT2D eigenvalue weighted by atomic mass is 16.3. The number of carbonyl (C=O) groups excluding carboxylic acids is 1. The van der Waals surface area contributed by atoms with Crippen molar-refractivity contribution in [3.63, 3.8) is 0 Å². The normalized spacial score (nSPS) is 53.3. The molecule has 0 aromatic heterocycles. The quantitative estimate of drug-likeness (QED) is 0.478. The molecule has 5 aliphatic rings. The van der Waals surface area contributed by atoms with Crippen molar-refractivity contribution in [3.8, 4) is 0 Å². The highest BCUT2D eigenvalue weighted by Gasteiger charge is 2.68. The van der Waals surface area contributed by atoms with Crippen molar-refractivity contribution in [2.75, 3.05) is 13.2 Å². The average molecular weight is 457 g/mol. The standard InChI is InChI=1S/C30H48O3/c1-25(2)22-9-12-29(6)23(27(22,4)11-10-24(25)33)8-7-20-21-17-26(3,18-31)13-15-30(21,19-32)16-14-28(20,29)5/h7,21-23,31-32H,8-19H2,1-6H3/t21-,22?,23-,26?,27+,28-,29-,30-/m1/s1. The number of ketones is 1. The summed E-state index contributed by atoms with van der Waals surface area (Å²) in [7, 11) is 0. The summed E-state index contributed by atoms with van der Waals surface area (Å²) in [5, 5.41) is 20.9. The van der Waals surface area contributed by atoms with Gasteiger partial charge in [-0.2, -0.15) is 0 Å². The number of hydrogen-bond acceptors (Lipinski definition) is 3. The molecule has 0 spiro atoms. The van der Waals surface area contributed by atoms with Crippen molar-refractivity contribution in [1.82, 2.24) is 0 Å². The second kappa shape index (κ2) is 7.19. The van der Waals surface area contributed by atoms with Gasteiger partial charge < -0.3 is 10.2 Å². The van der Waals surface area contributed by atoms with E-state index < -0.39 is 0 Å². The van der Waals surface area contributed by atoms with Gasteiger partial charge in [0.25, 0.3) is 0 Å². The Bertz CT molecular complexity index is 874. The van der Waals surface area contributed by atoms with Gasteiger partial charge in [-0.1, -0.05) is 53.2 Å². The lowest BCUT2D eigenvalue weighted by Crippen LogP contribution is -2.64. The minimum atomic E-state index is -0.204. The molecule has 0 heterocycles. The van der Waals surface area contributed by atoms with E-state index >= 15 is 0 Å². The van der Waals surface area contributed by atoms with Gasteiger partial charge in [-0.3, -0.25) is 4.79 Å². The molecule has 33 heavy (non-hydrogen) atoms. The van der Waals surface area contributed by atoms with E-state index in [9.17, 15) is 15.0 Å². The molecule has 0 amide bonds. The summed E-state index contributed by atoms with van der Waals surface area (Å²) < 4.78 is 0. The Morgan fingerprint density at radius 3 is 2.24 bits per heavy atom. The molecule has 3 heteroatoms. The lowest BCUT2D eigenvalue weighted by atomic mass is 9.33. The predicted octanol–water partition coefficient (Wildman–Crippen LogP) is 6.32. The van der Waals surface area contributed by atoms with E-state index in [1.807, 2.05) is 0 Å². The van der Waals surface area contributed by atoms with Crippen LogP contribution >= 0.6 is 0 Å². The van der Waals surface area contributed by atoms with Crippen LogP contribution < -0.4 is 0 Å². The summed E-state index contributed by atoms with van der Waals surface area (Å²) in [5.41, 5.74) is 1.98. The maximum Gasteiger partial charge on any atom is 0.138 e. The minimum absolute atomic E-state index is 0.00354. The molecule has 0 aromatic carbocycles. The van der Waals surface area contributed by atoms with E-state index in [0.717, 1.165) is 51.4 Å². The van der Waals surface area contributed by atoms with E-state index in [1.54, 1.807) is 5.57 Å². The van der Waals surface area contributed by atoms with Crippen LogP contribution in [0.5, 0.6) is 0 Å². The van der Waals surface area contributed by atoms with E-state index in [1.165, 1.54) is 12.8 Å². The zero-order chi connectivity index (χ0) is 24.1. The van der Waals surface area contributed by atoms with E-state index in [-0.39, 0.29) is 45.7 Å². The molecule has 5 aliphatic carbocycles. The molecule has 4 saturated carbocycles. The Kier molecular flexibility index (Phi) is 5.24. The fraction of sp³-hybridized carbons (Fsp3) is 0.900. The first-order valence-electron chi connectivity index (χ1n) is 13.8. The first kappa shape index (κ1) is 24.0. The van der Waals surface area contributed by atoms with Crippen LogP contribution in [0.1, 0.15) is 106 Å². The smallest absolute Gasteiger partial charge is 0.138 e. The van der Waals surface area contributed by atoms with Crippen molar-refractivity contribution in [1.29, 1.82) is 0 Å². The van der Waals surface area contributed by atoms with E-state index in [2.05, 4.69) is 47.6 Å². The van der Waals surface area contributed by atoms with Gasteiger partial charge in [0.2, 0.25) is 0 Å². The molecule has 0 radical (unpaired) electrons. The van der Waals surface area contributed by atoms with Crippen LogP contribution in [0.15, 0.2) is 11.6 Å². The molecule has 2 unspecified atom stereocenters. The van der Waals surface area contributed by atoms with Gasteiger partial charge >= 0.3 is 0 Å². The summed E-state index contributed by atoms with van der Waals surface area (Å²) in [4.78, 5) is 12.9. The summed E-state index contributed by atoms with van der Waals surface area (Å²) in [6, 6.07) is 0. The molecule has 5 rings (SSSR count). The molecule has 3 nitrogen and oxygen atoms in total. The fourth-order valence-corrected chi connectivity index (χ4v) is 10.5. The average Bonchev–Trinajstić information content (AvgIpc) is 2.77. The second-order valence-electron chi connectivity index (χ2n) is 14.7. The molecule has 0 aliphatic heterocycles. The second-order valence-corrected chi connectivity index (χ2v) is 14.7. The van der Waals surface area contributed by atoms with Crippen LogP contribution in [-0.2, 0) is 4.79 Å². The Hall–Kier alpha value is -0.670. The molecule has 0 saturated heterocycles. The summed E-state index contributed by atoms with van der Waals surface area (Å²) >= 11 is 0. The molecule has 4 fully saturated rings. The van der Waals surface area contributed by atoms with Gasteiger partial charge in [0, 0.05) is 30.5 Å². The van der Waals surface area contributed by atoms with Crippen molar-refractivity contribution < 1.29 is 15.0 Å². The van der Waals surface area contributed by atoms with Crippen LogP contribution in [0.4, 0.5) is 0 Å². The molecule has 8 atom stereocenters. The SMILES string of the molecule is CC1(CO)CC[C@]2(CO)CC[C@]3(C)C(=CC[C@@H]4[C@@]5(C)CCC(=O)C(C)(C)C5CC[C@]43C)[C@H]2C1. The number of allylic oxidation sites excluding steroid dienone is 2. The van der Waals surface area contributed by atoms with E-state index in [0.29, 0.717) is 23.5 Å². The maximum atomic E-state index is 12.9. The lowest BCUT2D eigenvalue weighted by molar-refractivity contribution is -0.187. The summed E-state index contributed by atoms with van der Waals surface area (Å²) in [6.07, 6.45) is 13.2. The molecule has 0 aromatic rings. The fourth-order valence-electron chi connectivity index (χ4n) is 10.5. The van der Waals surface area contributed by atoms with Crippen LogP contribution in [0.3, 0.4) is 0 Å². The molecule has 186 valence electrons. The van der Waals surface area contributed by atoms with Gasteiger partial charge in [-0.25, -0.2) is 0 Å². The predicted molar refractivity (Wildman–Crippen MR) is 133 cm³/mol. The topological polar surface area (TPSA) is 57.5 Å². The van der Waals surface area contributed by atoms with Gasteiger partial charge in [0.15, 0.2) is 0 Å². The van der Waals surface area contributed by atoms with Crippen molar-refractivity contribution >= 4 is 5.78 Å². The first-order valence-corrected chi connectivity index (χ1v) is 13.8. The van der Waals surface area contributed by atoms with Crippen LogP contribution in [0.2, 0.25) is 0 Å². The molecule has 0 bridgehead atoms. The Morgan fingerprint density at radius 1 is 0.879 bits per heavy atom. The van der Waals surface area contributed by atoms with Gasteiger partial charge in [0.1, 0.15) is 5.78 Å². The highest BCUT2D eigenvalue weighted by Crippen LogP contribution is 2.75. The third-order valence-corrected chi connectivity index (χ3v) is 13.1. The third-order valence-electron chi connectivity index (χ3n) is 13.1. The number of carbonyl (C=O) groups is 1.